The number of benzene rings is 2. The van der Waals surface area contributed by atoms with Gasteiger partial charge in [-0.2, -0.15) is 0 Å². The van der Waals surface area contributed by atoms with Crippen molar-refractivity contribution in [3.05, 3.63) is 88.7 Å². The van der Waals surface area contributed by atoms with Gasteiger partial charge in [-0.15, -0.1) is 0 Å². The van der Waals surface area contributed by atoms with Crippen molar-refractivity contribution in [2.24, 2.45) is 0 Å². The van der Waals surface area contributed by atoms with E-state index in [1.54, 1.807) is 42.7 Å². The second-order valence-electron chi connectivity index (χ2n) is 7.61. The number of carbonyl (C=O) groups is 2. The molecular weight excluding hydrogens is 456 g/mol. The normalized spacial score (nSPS) is 17.5. The van der Waals surface area contributed by atoms with Crippen molar-refractivity contribution < 1.29 is 19.4 Å². The number of nitrogens with zero attached hydrogens (tertiary/aromatic N) is 3. The van der Waals surface area contributed by atoms with Gasteiger partial charge >= 0.3 is 5.91 Å². The molecule has 1 atom stereocenters. The number of ether oxygens (including phenoxy) is 1. The Labute approximate surface area is 199 Å². The summed E-state index contributed by atoms with van der Waals surface area (Å²) < 4.78 is 5.52. The third-order valence-electron chi connectivity index (χ3n) is 5.55. The van der Waals surface area contributed by atoms with Crippen molar-refractivity contribution >= 4 is 46.0 Å². The van der Waals surface area contributed by atoms with E-state index < -0.39 is 17.7 Å². The fraction of sp³-hybridized carbons (Fsp3) is 0.120. The molecule has 2 N–H and O–H groups in total. The number of Topliss-reactive ketones (excluding diaryl/α,β-unsaturated/α-hetero) is 1. The molecule has 1 fully saturated rings. The molecule has 1 aliphatic rings. The van der Waals surface area contributed by atoms with Crippen molar-refractivity contribution in [2.75, 3.05) is 11.5 Å². The number of amides is 1. The summed E-state index contributed by atoms with van der Waals surface area (Å²) in [4.78, 5) is 39.5. The van der Waals surface area contributed by atoms with E-state index in [9.17, 15) is 14.7 Å². The topological polar surface area (TPSA) is 108 Å². The molecule has 0 bridgehead atoms. The van der Waals surface area contributed by atoms with Crippen LogP contribution in [0.1, 0.15) is 24.1 Å². The molecule has 1 amide bonds. The van der Waals surface area contributed by atoms with Crippen molar-refractivity contribution in [1.82, 2.24) is 15.0 Å². The first-order chi connectivity index (χ1) is 16.5. The zero-order valence-corrected chi connectivity index (χ0v) is 18.8. The molecule has 1 unspecified atom stereocenters. The molecule has 5 rings (SSSR count). The van der Waals surface area contributed by atoms with E-state index in [1.165, 1.54) is 11.0 Å². The van der Waals surface area contributed by atoms with Crippen molar-refractivity contribution in [3.8, 4) is 5.75 Å². The first-order valence-electron chi connectivity index (χ1n) is 10.6. The Balaban J connectivity index is 1.71. The molecule has 8 nitrogen and oxygen atoms in total. The predicted octanol–water partition coefficient (Wildman–Crippen LogP) is 4.64. The zero-order chi connectivity index (χ0) is 23.8. The maximum absolute atomic E-state index is 13.3. The molecule has 2 aromatic carbocycles. The number of imidazole rings is 1. The molecule has 170 valence electrons. The van der Waals surface area contributed by atoms with Crippen LogP contribution in [-0.4, -0.2) is 38.4 Å². The molecule has 0 radical (unpaired) electrons. The summed E-state index contributed by atoms with van der Waals surface area (Å²) >= 11 is 6.18. The van der Waals surface area contributed by atoms with Crippen LogP contribution in [0.4, 0.5) is 5.95 Å². The fourth-order valence-electron chi connectivity index (χ4n) is 4.03. The van der Waals surface area contributed by atoms with Crippen LogP contribution < -0.4 is 9.64 Å². The van der Waals surface area contributed by atoms with Crippen LogP contribution >= 0.6 is 11.6 Å². The zero-order valence-electron chi connectivity index (χ0n) is 18.0. The molecule has 9 heteroatoms. The number of rotatable bonds is 5. The van der Waals surface area contributed by atoms with E-state index in [-0.39, 0.29) is 17.3 Å². The largest absolute Gasteiger partial charge is 0.507 e. The second-order valence-corrected chi connectivity index (χ2v) is 8.02. The molecule has 2 aromatic heterocycles. The van der Waals surface area contributed by atoms with Gasteiger partial charge in [0.05, 0.1) is 34.3 Å². The number of anilines is 1. The van der Waals surface area contributed by atoms with Crippen molar-refractivity contribution in [3.63, 3.8) is 0 Å². The Morgan fingerprint density at radius 3 is 2.74 bits per heavy atom. The minimum absolute atomic E-state index is 0.0803. The molecule has 1 saturated heterocycles. The lowest BCUT2D eigenvalue weighted by atomic mass is 9.96. The van der Waals surface area contributed by atoms with E-state index in [1.807, 2.05) is 25.1 Å². The minimum atomic E-state index is -0.944. The highest BCUT2D eigenvalue weighted by Crippen LogP contribution is 2.42. The maximum atomic E-state index is 13.3. The molecule has 0 aliphatic carbocycles. The summed E-state index contributed by atoms with van der Waals surface area (Å²) in [5.41, 5.74) is 2.11. The van der Waals surface area contributed by atoms with Gasteiger partial charge in [0.2, 0.25) is 5.95 Å². The average Bonchev–Trinajstić information content (AvgIpc) is 3.39. The molecule has 1 aliphatic heterocycles. The number of aromatic nitrogens is 3. The Morgan fingerprint density at radius 2 is 2.00 bits per heavy atom. The van der Waals surface area contributed by atoms with Crippen LogP contribution in [0.15, 0.2) is 72.6 Å². The SMILES string of the molecule is CCOc1cc(/C(O)=C2\C(=O)C(=O)N(c3nc4ccccc4[nH]3)C2c2cccnc2)ccc1Cl. The number of carbonyl (C=O) groups excluding carboxylic acids is 2. The monoisotopic (exact) mass is 474 g/mol. The summed E-state index contributed by atoms with van der Waals surface area (Å²) in [7, 11) is 0. The third kappa shape index (κ3) is 3.58. The van der Waals surface area contributed by atoms with Crippen LogP contribution in [0, 0.1) is 0 Å². The minimum Gasteiger partial charge on any atom is -0.507 e. The van der Waals surface area contributed by atoms with Gasteiger partial charge < -0.3 is 14.8 Å². The molecule has 0 spiro atoms. The molecule has 34 heavy (non-hydrogen) atoms. The number of pyridine rings is 1. The van der Waals surface area contributed by atoms with E-state index in [4.69, 9.17) is 16.3 Å². The van der Waals surface area contributed by atoms with Crippen molar-refractivity contribution in [2.45, 2.75) is 13.0 Å². The number of halogens is 1. The summed E-state index contributed by atoms with van der Waals surface area (Å²) in [6.07, 6.45) is 3.14. The quantitative estimate of drug-likeness (QED) is 0.248. The summed E-state index contributed by atoms with van der Waals surface area (Å²) in [6, 6.07) is 14.5. The van der Waals surface area contributed by atoms with Gasteiger partial charge in [-0.05, 0) is 48.9 Å². The molecular formula is C25H19ClN4O4. The molecule has 4 aromatic rings. The van der Waals surface area contributed by atoms with E-state index in [0.29, 0.717) is 39.5 Å². The van der Waals surface area contributed by atoms with Gasteiger partial charge in [0.15, 0.2) is 0 Å². The number of nitrogens with one attached hydrogen (secondary N) is 1. The third-order valence-corrected chi connectivity index (χ3v) is 5.87. The fourth-order valence-corrected chi connectivity index (χ4v) is 4.20. The van der Waals surface area contributed by atoms with E-state index in [2.05, 4.69) is 15.0 Å². The number of H-pyrrole nitrogens is 1. The Kier molecular flexibility index (Phi) is 5.51. The highest BCUT2D eigenvalue weighted by molar-refractivity contribution is 6.51. The number of para-hydroxylation sites is 2. The van der Waals surface area contributed by atoms with Crippen LogP contribution in [0.5, 0.6) is 5.75 Å². The number of fused-ring (bicyclic) bond motifs is 1. The first kappa shape index (κ1) is 21.7. The van der Waals surface area contributed by atoms with Crippen LogP contribution in [0.2, 0.25) is 5.02 Å². The Morgan fingerprint density at radius 1 is 1.18 bits per heavy atom. The number of ketones is 1. The lowest BCUT2D eigenvalue weighted by molar-refractivity contribution is -0.132. The summed E-state index contributed by atoms with van der Waals surface area (Å²) in [6.45, 7) is 2.18. The number of hydrogen-bond donors (Lipinski definition) is 2. The number of aromatic amines is 1. The average molecular weight is 475 g/mol. The van der Waals surface area contributed by atoms with Gasteiger partial charge in [0.1, 0.15) is 11.5 Å². The molecule has 3 heterocycles. The smallest absolute Gasteiger partial charge is 0.302 e. The standard InChI is InChI=1S/C25H19ClN4O4/c1-2-34-19-12-14(9-10-16(19)26)22(31)20-21(15-6-5-11-27-13-15)30(24(33)23(20)32)25-28-17-7-3-4-8-18(17)29-25/h3-13,21,31H,2H2,1H3,(H,28,29)/b22-20+. The molecule has 0 saturated carbocycles. The number of aliphatic hydroxyl groups excluding tert-OH is 1. The van der Waals surface area contributed by atoms with Crippen LogP contribution in [0.3, 0.4) is 0 Å². The first-order valence-corrected chi connectivity index (χ1v) is 11.0. The lowest BCUT2D eigenvalue weighted by Gasteiger charge is -2.22. The van der Waals surface area contributed by atoms with Gasteiger partial charge in [0, 0.05) is 18.0 Å². The number of hydrogen-bond acceptors (Lipinski definition) is 6. The van der Waals surface area contributed by atoms with Crippen molar-refractivity contribution in [1.29, 1.82) is 0 Å². The van der Waals surface area contributed by atoms with E-state index >= 15 is 0 Å². The van der Waals surface area contributed by atoms with Crippen LogP contribution in [-0.2, 0) is 9.59 Å². The van der Waals surface area contributed by atoms with Gasteiger partial charge in [0.25, 0.3) is 5.78 Å². The van der Waals surface area contributed by atoms with Gasteiger partial charge in [-0.25, -0.2) is 4.98 Å². The predicted molar refractivity (Wildman–Crippen MR) is 128 cm³/mol. The summed E-state index contributed by atoms with van der Waals surface area (Å²) in [5, 5.41) is 11.6. The summed E-state index contributed by atoms with van der Waals surface area (Å²) in [5.74, 6) is -1.43. The highest BCUT2D eigenvalue weighted by atomic mass is 35.5. The highest BCUT2D eigenvalue weighted by Gasteiger charge is 2.48. The number of aliphatic hydroxyl groups is 1. The lowest BCUT2D eigenvalue weighted by Crippen LogP contribution is -2.30. The van der Waals surface area contributed by atoms with Gasteiger partial charge in [-0.3, -0.25) is 19.5 Å². The second kappa shape index (κ2) is 8.64. The van der Waals surface area contributed by atoms with E-state index in [0.717, 1.165) is 0 Å². The van der Waals surface area contributed by atoms with Gasteiger partial charge in [-0.1, -0.05) is 29.8 Å². The Bertz CT molecular complexity index is 1410. The Hall–Kier alpha value is -4.17. The van der Waals surface area contributed by atoms with Crippen LogP contribution in [0.25, 0.3) is 16.8 Å². The maximum Gasteiger partial charge on any atom is 0.302 e.